The van der Waals surface area contributed by atoms with Crippen LogP contribution in [0.5, 0.6) is 5.88 Å². The molecule has 24 heavy (non-hydrogen) atoms. The quantitative estimate of drug-likeness (QED) is 0.688. The van der Waals surface area contributed by atoms with Crippen molar-refractivity contribution >= 4 is 11.5 Å². The van der Waals surface area contributed by atoms with Gasteiger partial charge in [0, 0.05) is 12.3 Å². The molecule has 0 bridgehead atoms. The van der Waals surface area contributed by atoms with E-state index in [1.807, 2.05) is 13.8 Å². The third-order valence-electron chi connectivity index (χ3n) is 4.37. The van der Waals surface area contributed by atoms with Gasteiger partial charge in [0.05, 0.1) is 12.5 Å². The number of hydrogen-bond donors (Lipinski definition) is 0. The molecular weight excluding hydrogens is 316 g/mol. The van der Waals surface area contributed by atoms with Crippen LogP contribution in [-0.2, 0) is 9.53 Å². The van der Waals surface area contributed by atoms with Crippen molar-refractivity contribution in [1.82, 2.24) is 4.98 Å². The molecule has 0 aromatic carbocycles. The summed E-state index contributed by atoms with van der Waals surface area (Å²) in [6.45, 7) is 1.32. The molecule has 0 aliphatic heterocycles. The van der Waals surface area contributed by atoms with Gasteiger partial charge in [-0.2, -0.15) is 8.78 Å². The van der Waals surface area contributed by atoms with E-state index in [-0.39, 0.29) is 23.7 Å². The molecular formula is C18H23F2NO3. The summed E-state index contributed by atoms with van der Waals surface area (Å²) >= 11 is 0. The van der Waals surface area contributed by atoms with E-state index in [0.717, 1.165) is 36.8 Å². The Morgan fingerprint density at radius 1 is 1.42 bits per heavy atom. The molecule has 0 fully saturated rings. The van der Waals surface area contributed by atoms with E-state index in [4.69, 9.17) is 4.74 Å². The molecule has 0 saturated heterocycles. The zero-order valence-corrected chi connectivity index (χ0v) is 14.0. The van der Waals surface area contributed by atoms with Crippen LogP contribution in [0.4, 0.5) is 8.78 Å². The summed E-state index contributed by atoms with van der Waals surface area (Å²) in [5.74, 6) is -0.0313. The highest BCUT2D eigenvalue weighted by atomic mass is 19.3. The summed E-state index contributed by atoms with van der Waals surface area (Å²) in [4.78, 5) is 15.8. The summed E-state index contributed by atoms with van der Waals surface area (Å²) in [5.41, 5.74) is 1.91. The van der Waals surface area contributed by atoms with E-state index in [0.29, 0.717) is 6.61 Å². The number of ether oxygens (including phenoxy) is 2. The maximum absolute atomic E-state index is 12.3. The topological polar surface area (TPSA) is 48.4 Å². The molecule has 0 N–H and O–H groups in total. The fourth-order valence-electron chi connectivity index (χ4n) is 3.19. The van der Waals surface area contributed by atoms with E-state index < -0.39 is 6.61 Å². The Morgan fingerprint density at radius 3 is 2.79 bits per heavy atom. The Morgan fingerprint density at radius 2 is 2.21 bits per heavy atom. The lowest BCUT2D eigenvalue weighted by atomic mass is 9.78. The maximum atomic E-state index is 12.3. The number of halogens is 2. The first-order valence-corrected chi connectivity index (χ1v) is 8.32. The first-order chi connectivity index (χ1) is 11.5. The van der Waals surface area contributed by atoms with Crippen molar-refractivity contribution in [2.75, 3.05) is 6.61 Å². The number of hydrogen-bond acceptors (Lipinski definition) is 4. The third-order valence-corrected chi connectivity index (χ3v) is 4.37. The fourth-order valence-corrected chi connectivity index (χ4v) is 3.19. The van der Waals surface area contributed by atoms with Crippen LogP contribution < -0.4 is 4.74 Å². The molecule has 2 atom stereocenters. The van der Waals surface area contributed by atoms with Crippen molar-refractivity contribution in [1.29, 1.82) is 0 Å². The SMILES string of the molecule is CCOC(=O)C(CC)C1CC=C(c2ccnc(OC(F)F)c2)CC1. The summed E-state index contributed by atoms with van der Waals surface area (Å²) in [6, 6.07) is 3.31. The number of allylic oxidation sites excluding steroid dienone is 2. The minimum absolute atomic E-state index is 0.0801. The summed E-state index contributed by atoms with van der Waals surface area (Å²) in [5, 5.41) is 0. The molecule has 0 amide bonds. The predicted octanol–water partition coefficient (Wildman–Crippen LogP) is 4.46. The van der Waals surface area contributed by atoms with Crippen molar-refractivity contribution in [3.63, 3.8) is 0 Å². The number of pyridine rings is 1. The van der Waals surface area contributed by atoms with Gasteiger partial charge in [0.1, 0.15) is 0 Å². The van der Waals surface area contributed by atoms with Gasteiger partial charge in [-0.05, 0) is 55.7 Å². The Bertz CT molecular complexity index is 589. The predicted molar refractivity (Wildman–Crippen MR) is 86.6 cm³/mol. The second kappa shape index (κ2) is 8.76. The van der Waals surface area contributed by atoms with Crippen LogP contribution in [0, 0.1) is 11.8 Å². The average molecular weight is 339 g/mol. The minimum Gasteiger partial charge on any atom is -0.466 e. The number of aromatic nitrogens is 1. The number of carbonyl (C=O) groups excluding carboxylic acids is 1. The molecule has 2 unspecified atom stereocenters. The van der Waals surface area contributed by atoms with E-state index in [9.17, 15) is 13.6 Å². The van der Waals surface area contributed by atoms with Crippen molar-refractivity contribution in [3.05, 3.63) is 30.0 Å². The lowest BCUT2D eigenvalue weighted by Gasteiger charge is -2.28. The van der Waals surface area contributed by atoms with E-state index >= 15 is 0 Å². The lowest BCUT2D eigenvalue weighted by Crippen LogP contribution is -2.26. The first kappa shape index (κ1) is 18.4. The summed E-state index contributed by atoms with van der Waals surface area (Å²) in [6.07, 6.45) is 6.74. The Kier molecular flexibility index (Phi) is 6.70. The van der Waals surface area contributed by atoms with Gasteiger partial charge in [-0.3, -0.25) is 4.79 Å². The van der Waals surface area contributed by atoms with Crippen molar-refractivity contribution in [2.24, 2.45) is 11.8 Å². The molecule has 0 spiro atoms. The van der Waals surface area contributed by atoms with Crippen LogP contribution in [-0.4, -0.2) is 24.2 Å². The fraction of sp³-hybridized carbons (Fsp3) is 0.556. The van der Waals surface area contributed by atoms with Crippen molar-refractivity contribution in [3.8, 4) is 5.88 Å². The Balaban J connectivity index is 2.06. The monoisotopic (exact) mass is 339 g/mol. The average Bonchev–Trinajstić information content (AvgIpc) is 2.56. The zero-order chi connectivity index (χ0) is 17.5. The largest absolute Gasteiger partial charge is 0.466 e. The molecule has 1 aliphatic rings. The number of alkyl halides is 2. The smallest absolute Gasteiger partial charge is 0.388 e. The molecule has 2 rings (SSSR count). The summed E-state index contributed by atoms with van der Waals surface area (Å²) in [7, 11) is 0. The molecule has 4 nitrogen and oxygen atoms in total. The van der Waals surface area contributed by atoms with E-state index in [1.54, 1.807) is 6.07 Å². The maximum Gasteiger partial charge on any atom is 0.388 e. The molecule has 0 saturated carbocycles. The standard InChI is InChI=1S/C18H23F2NO3/c1-3-15(17(22)23-4-2)13-7-5-12(6-8-13)14-9-10-21-16(11-14)24-18(19)20/h5,9-11,13,15,18H,3-4,6-8H2,1-2H3. The Labute approximate surface area is 140 Å². The molecule has 1 aromatic heterocycles. The van der Waals surface area contributed by atoms with Gasteiger partial charge < -0.3 is 9.47 Å². The van der Waals surface area contributed by atoms with Gasteiger partial charge in [0.15, 0.2) is 0 Å². The second-order valence-electron chi connectivity index (χ2n) is 5.79. The van der Waals surface area contributed by atoms with E-state index in [1.165, 1.54) is 12.3 Å². The highest BCUT2D eigenvalue weighted by molar-refractivity contribution is 5.73. The first-order valence-electron chi connectivity index (χ1n) is 8.32. The molecule has 1 aliphatic carbocycles. The van der Waals surface area contributed by atoms with Gasteiger partial charge >= 0.3 is 12.6 Å². The number of esters is 1. The third kappa shape index (κ3) is 4.76. The van der Waals surface area contributed by atoms with Crippen molar-refractivity contribution in [2.45, 2.75) is 46.1 Å². The van der Waals surface area contributed by atoms with Gasteiger partial charge in [0.25, 0.3) is 0 Å². The highest BCUT2D eigenvalue weighted by Crippen LogP contribution is 2.36. The molecule has 1 aromatic rings. The number of nitrogens with zero attached hydrogens (tertiary/aromatic N) is 1. The van der Waals surface area contributed by atoms with Gasteiger partial charge in [0.2, 0.25) is 5.88 Å². The van der Waals surface area contributed by atoms with Crippen LogP contribution in [0.1, 0.15) is 45.1 Å². The van der Waals surface area contributed by atoms with Crippen molar-refractivity contribution < 1.29 is 23.0 Å². The molecule has 1 heterocycles. The second-order valence-corrected chi connectivity index (χ2v) is 5.79. The number of rotatable bonds is 7. The van der Waals surface area contributed by atoms with Crippen LogP contribution in [0.25, 0.3) is 5.57 Å². The lowest BCUT2D eigenvalue weighted by molar-refractivity contribution is -0.150. The van der Waals surface area contributed by atoms with Crippen LogP contribution in [0.3, 0.4) is 0 Å². The van der Waals surface area contributed by atoms with Gasteiger partial charge in [-0.15, -0.1) is 0 Å². The zero-order valence-electron chi connectivity index (χ0n) is 14.0. The Hall–Kier alpha value is -1.98. The molecule has 0 radical (unpaired) electrons. The van der Waals surface area contributed by atoms with Gasteiger partial charge in [-0.1, -0.05) is 13.0 Å². The normalized spacial score (nSPS) is 18.9. The molecule has 132 valence electrons. The van der Waals surface area contributed by atoms with Gasteiger partial charge in [-0.25, -0.2) is 4.98 Å². The highest BCUT2D eigenvalue weighted by Gasteiger charge is 2.29. The summed E-state index contributed by atoms with van der Waals surface area (Å²) < 4.78 is 34.1. The van der Waals surface area contributed by atoms with Crippen LogP contribution >= 0.6 is 0 Å². The van der Waals surface area contributed by atoms with E-state index in [2.05, 4.69) is 15.8 Å². The van der Waals surface area contributed by atoms with Crippen LogP contribution in [0.2, 0.25) is 0 Å². The molecule has 6 heteroatoms. The minimum atomic E-state index is -2.88. The number of carbonyl (C=O) groups is 1. The van der Waals surface area contributed by atoms with Crippen LogP contribution in [0.15, 0.2) is 24.4 Å².